The Morgan fingerprint density at radius 1 is 0.500 bits per heavy atom. The van der Waals surface area contributed by atoms with Gasteiger partial charge in [-0.05, 0) is 74.5 Å². The van der Waals surface area contributed by atoms with Gasteiger partial charge < -0.3 is 9.47 Å². The minimum absolute atomic E-state index is 0.132. The SMILES string of the molecule is COC(=O)[C@]1(C)C=C(N(C(=O)C(=O)N(C2=C[C@](C)(C(=O)OC)N(c3ccccc3)C2=O)c2ccccc2)c2ccccc2)C(=O)N1c1ccccc1. The Morgan fingerprint density at radius 2 is 0.788 bits per heavy atom. The molecule has 4 aromatic carbocycles. The van der Waals surface area contributed by atoms with E-state index in [1.54, 1.807) is 97.1 Å². The molecule has 4 amide bonds. The van der Waals surface area contributed by atoms with Crippen molar-refractivity contribution >= 4 is 58.3 Å². The fraction of sp³-hybridized carbons (Fsp3) is 0.150. The molecule has 12 heteroatoms. The second kappa shape index (κ2) is 13.8. The van der Waals surface area contributed by atoms with Crippen LogP contribution >= 0.6 is 0 Å². The first-order valence-electron chi connectivity index (χ1n) is 16.2. The van der Waals surface area contributed by atoms with E-state index in [1.165, 1.54) is 74.3 Å². The number of hydrogen-bond acceptors (Lipinski definition) is 8. The topological polar surface area (TPSA) is 134 Å². The van der Waals surface area contributed by atoms with Crippen LogP contribution in [0.15, 0.2) is 145 Å². The summed E-state index contributed by atoms with van der Waals surface area (Å²) < 4.78 is 10.2. The van der Waals surface area contributed by atoms with E-state index in [9.17, 15) is 28.8 Å². The van der Waals surface area contributed by atoms with E-state index >= 15 is 0 Å². The van der Waals surface area contributed by atoms with Crippen molar-refractivity contribution in [3.05, 3.63) is 145 Å². The number of amides is 4. The Labute approximate surface area is 299 Å². The number of rotatable bonds is 8. The fourth-order valence-electron chi connectivity index (χ4n) is 6.47. The van der Waals surface area contributed by atoms with E-state index in [0.29, 0.717) is 11.4 Å². The lowest BCUT2D eigenvalue weighted by Crippen LogP contribution is -2.52. The normalized spacial score (nSPS) is 19.5. The highest BCUT2D eigenvalue weighted by atomic mass is 16.5. The van der Waals surface area contributed by atoms with Crippen molar-refractivity contribution in [3.8, 4) is 0 Å². The molecule has 0 bridgehead atoms. The first kappa shape index (κ1) is 35.0. The number of ether oxygens (including phenoxy) is 2. The highest BCUT2D eigenvalue weighted by molar-refractivity contribution is 6.48. The molecule has 0 saturated carbocycles. The number of nitrogens with zero attached hydrogens (tertiary/aromatic N) is 4. The van der Waals surface area contributed by atoms with Gasteiger partial charge in [0.1, 0.15) is 11.4 Å². The van der Waals surface area contributed by atoms with Gasteiger partial charge in [-0.25, -0.2) is 9.59 Å². The van der Waals surface area contributed by atoms with Crippen molar-refractivity contribution in [1.82, 2.24) is 0 Å². The Bertz CT molecular complexity index is 1970. The molecular weight excluding hydrogens is 664 g/mol. The smallest absolute Gasteiger partial charge is 0.336 e. The van der Waals surface area contributed by atoms with Crippen LogP contribution in [0.5, 0.6) is 0 Å². The van der Waals surface area contributed by atoms with Crippen molar-refractivity contribution < 1.29 is 38.2 Å². The van der Waals surface area contributed by atoms with Gasteiger partial charge in [0.2, 0.25) is 0 Å². The second-order valence-corrected chi connectivity index (χ2v) is 12.2. The quantitative estimate of drug-likeness (QED) is 0.190. The van der Waals surface area contributed by atoms with Gasteiger partial charge >= 0.3 is 23.8 Å². The van der Waals surface area contributed by atoms with E-state index in [0.717, 1.165) is 9.80 Å². The number of anilines is 4. The molecule has 0 aliphatic carbocycles. The third-order valence-electron chi connectivity index (χ3n) is 8.93. The predicted octanol–water partition coefficient (Wildman–Crippen LogP) is 4.78. The predicted molar refractivity (Wildman–Crippen MR) is 193 cm³/mol. The minimum Gasteiger partial charge on any atom is -0.467 e. The molecule has 0 spiro atoms. The number of para-hydroxylation sites is 4. The zero-order valence-corrected chi connectivity index (χ0v) is 28.8. The van der Waals surface area contributed by atoms with Gasteiger partial charge in [-0.1, -0.05) is 72.8 Å². The number of benzene rings is 4. The highest BCUT2D eigenvalue weighted by Gasteiger charge is 2.54. The molecule has 4 aromatic rings. The number of esters is 2. The largest absolute Gasteiger partial charge is 0.467 e. The fourth-order valence-corrected chi connectivity index (χ4v) is 6.47. The minimum atomic E-state index is -1.72. The van der Waals surface area contributed by atoms with E-state index < -0.39 is 46.6 Å². The van der Waals surface area contributed by atoms with Gasteiger partial charge in [-0.15, -0.1) is 0 Å². The summed E-state index contributed by atoms with van der Waals surface area (Å²) in [6.45, 7) is 2.94. The van der Waals surface area contributed by atoms with Crippen molar-refractivity contribution in [1.29, 1.82) is 0 Å². The molecule has 0 saturated heterocycles. The molecule has 262 valence electrons. The molecule has 0 unspecified atom stereocenters. The monoisotopic (exact) mass is 698 g/mol. The Balaban J connectivity index is 1.51. The number of hydrogen-bond donors (Lipinski definition) is 0. The van der Waals surface area contributed by atoms with Crippen LogP contribution in [0.3, 0.4) is 0 Å². The summed E-state index contributed by atoms with van der Waals surface area (Å²) in [4.78, 5) is 89.4. The third-order valence-corrected chi connectivity index (χ3v) is 8.93. The Kier molecular flexibility index (Phi) is 9.31. The van der Waals surface area contributed by atoms with E-state index in [2.05, 4.69) is 0 Å². The average Bonchev–Trinajstić information content (AvgIpc) is 3.60. The molecule has 12 nitrogen and oxygen atoms in total. The van der Waals surface area contributed by atoms with Crippen molar-refractivity contribution in [2.75, 3.05) is 33.8 Å². The van der Waals surface area contributed by atoms with E-state index in [4.69, 9.17) is 9.47 Å². The third kappa shape index (κ3) is 5.79. The number of methoxy groups -OCH3 is 2. The maximum Gasteiger partial charge on any atom is 0.336 e. The van der Waals surface area contributed by atoms with Gasteiger partial charge in [-0.3, -0.25) is 38.8 Å². The molecule has 0 aromatic heterocycles. The van der Waals surface area contributed by atoms with Gasteiger partial charge in [0, 0.05) is 22.7 Å². The summed E-state index contributed by atoms with van der Waals surface area (Å²) in [5, 5.41) is 0. The van der Waals surface area contributed by atoms with Crippen LogP contribution in [-0.2, 0) is 38.2 Å². The van der Waals surface area contributed by atoms with Gasteiger partial charge in [0.15, 0.2) is 11.1 Å². The van der Waals surface area contributed by atoms with Crippen LogP contribution in [0.4, 0.5) is 22.7 Å². The summed E-state index contributed by atoms with van der Waals surface area (Å²) in [6, 6.07) is 32.7. The van der Waals surface area contributed by atoms with Crippen LogP contribution in [0.2, 0.25) is 0 Å². The molecule has 2 aliphatic rings. The molecule has 0 fully saturated rings. The molecule has 6 rings (SSSR count). The van der Waals surface area contributed by atoms with Gasteiger partial charge in [-0.2, -0.15) is 0 Å². The second-order valence-electron chi connectivity index (χ2n) is 12.2. The molecular formula is C40H34N4O8. The molecule has 0 radical (unpaired) electrons. The molecule has 2 atom stereocenters. The zero-order chi connectivity index (χ0) is 37.2. The lowest BCUT2D eigenvalue weighted by Gasteiger charge is -2.32. The summed E-state index contributed by atoms with van der Waals surface area (Å²) in [5.41, 5.74) is -3.10. The van der Waals surface area contributed by atoms with Gasteiger partial charge in [0.05, 0.1) is 14.2 Å². The maximum atomic E-state index is 14.8. The van der Waals surface area contributed by atoms with Crippen LogP contribution < -0.4 is 19.6 Å². The first-order valence-corrected chi connectivity index (χ1v) is 16.2. The van der Waals surface area contributed by atoms with Crippen LogP contribution in [0.1, 0.15) is 13.8 Å². The van der Waals surface area contributed by atoms with Crippen LogP contribution in [-0.4, -0.2) is 60.9 Å². The van der Waals surface area contributed by atoms with Crippen molar-refractivity contribution in [3.63, 3.8) is 0 Å². The molecule has 2 heterocycles. The standard InChI is InChI=1S/C40H34N4O8/c1-39(37(49)51-3)25-31(33(45)43(39)29-21-13-7-14-22-29)41(27-17-9-5-10-18-27)35(47)36(48)42(28-19-11-6-12-20-28)32-26-40(2,38(50)52-4)44(34(32)46)30-23-15-8-16-24-30/h5-26H,1-4H3/t39-,40+. The first-order chi connectivity index (χ1) is 25.0. The lowest BCUT2D eigenvalue weighted by atomic mass is 10.0. The maximum absolute atomic E-state index is 14.8. The summed E-state index contributed by atoms with van der Waals surface area (Å²) >= 11 is 0. The Hall–Kier alpha value is -6.82. The van der Waals surface area contributed by atoms with Crippen LogP contribution in [0.25, 0.3) is 0 Å². The summed E-state index contributed by atoms with van der Waals surface area (Å²) in [7, 11) is 2.36. The van der Waals surface area contributed by atoms with Gasteiger partial charge in [0.25, 0.3) is 11.8 Å². The summed E-state index contributed by atoms with van der Waals surface area (Å²) in [6.07, 6.45) is 2.56. The van der Waals surface area contributed by atoms with Crippen LogP contribution in [0, 0.1) is 0 Å². The molecule has 2 aliphatic heterocycles. The molecule has 52 heavy (non-hydrogen) atoms. The zero-order valence-electron chi connectivity index (χ0n) is 28.8. The average molecular weight is 699 g/mol. The van der Waals surface area contributed by atoms with Crippen molar-refractivity contribution in [2.45, 2.75) is 24.9 Å². The lowest BCUT2D eigenvalue weighted by molar-refractivity contribution is -0.145. The summed E-state index contributed by atoms with van der Waals surface area (Å²) in [5.74, 6) is -5.57. The number of carbonyl (C=O) groups is 6. The highest BCUT2D eigenvalue weighted by Crippen LogP contribution is 2.40. The van der Waals surface area contributed by atoms with Crippen molar-refractivity contribution in [2.24, 2.45) is 0 Å². The van der Waals surface area contributed by atoms with E-state index in [-0.39, 0.29) is 22.8 Å². The Morgan fingerprint density at radius 3 is 1.08 bits per heavy atom. The molecule has 0 N–H and O–H groups in total. The number of carbonyl (C=O) groups excluding carboxylic acids is 6. The van der Waals surface area contributed by atoms with E-state index in [1.807, 2.05) is 0 Å².